The highest BCUT2D eigenvalue weighted by Gasteiger charge is 2.38. The molecule has 0 radical (unpaired) electrons. The third kappa shape index (κ3) is 5.02. The third-order valence-electron chi connectivity index (χ3n) is 6.26. The van der Waals surface area contributed by atoms with Gasteiger partial charge in [0.25, 0.3) is 0 Å². The molecule has 176 valence electrons. The number of hydrogen-bond donors (Lipinski definition) is 0. The lowest BCUT2D eigenvalue weighted by Gasteiger charge is -2.42. The summed E-state index contributed by atoms with van der Waals surface area (Å²) in [6, 6.07) is 25.9. The minimum absolute atomic E-state index is 0.0388. The van der Waals surface area contributed by atoms with Crippen molar-refractivity contribution in [3.05, 3.63) is 105 Å². The molecule has 1 fully saturated rings. The maximum Gasteiger partial charge on any atom is 0.229 e. The largest absolute Gasteiger partial charge is 0.489 e. The lowest BCUT2D eigenvalue weighted by atomic mass is 9.86. The fourth-order valence-electron chi connectivity index (χ4n) is 4.38. The predicted octanol–water partition coefficient (Wildman–Crippen LogP) is 6.45. The number of allylic oxidation sites excluding steroid dienone is 1. The normalized spacial score (nSPS) is 17.7. The van der Waals surface area contributed by atoms with Gasteiger partial charge in [-0.3, -0.25) is 9.69 Å². The Hall–Kier alpha value is -3.40. The van der Waals surface area contributed by atoms with Gasteiger partial charge in [0.2, 0.25) is 5.91 Å². The molecular formula is C28H24ClN3O2S. The zero-order chi connectivity index (χ0) is 24.4. The molecule has 0 aromatic heterocycles. The number of carbonyl (C=O) groups excluding carboxylic acids is 1. The molecule has 35 heavy (non-hydrogen) atoms. The first kappa shape index (κ1) is 23.3. The molecule has 1 saturated heterocycles. The van der Waals surface area contributed by atoms with Gasteiger partial charge in [-0.2, -0.15) is 5.26 Å². The van der Waals surface area contributed by atoms with Crippen LogP contribution in [0.25, 0.3) is 0 Å². The molecule has 2 aliphatic rings. The van der Waals surface area contributed by atoms with E-state index in [1.807, 2.05) is 54.6 Å². The summed E-state index contributed by atoms with van der Waals surface area (Å²) in [7, 11) is 0. The van der Waals surface area contributed by atoms with Crippen LogP contribution in [-0.4, -0.2) is 23.4 Å². The van der Waals surface area contributed by atoms with E-state index in [0.717, 1.165) is 27.6 Å². The number of carbonyl (C=O) groups is 1. The number of nitrogens with zero attached hydrogens (tertiary/aromatic N) is 3. The van der Waals surface area contributed by atoms with Gasteiger partial charge in [0, 0.05) is 23.0 Å². The molecular weight excluding hydrogens is 478 g/mol. The summed E-state index contributed by atoms with van der Waals surface area (Å²) in [6.07, 6.45) is 0.277. The number of ether oxygens (including phenoxy) is 1. The van der Waals surface area contributed by atoms with Gasteiger partial charge in [-0.15, -0.1) is 0 Å². The predicted molar refractivity (Wildman–Crippen MR) is 140 cm³/mol. The van der Waals surface area contributed by atoms with Gasteiger partial charge < -0.3 is 9.64 Å². The molecule has 2 aliphatic heterocycles. The Morgan fingerprint density at radius 1 is 1.11 bits per heavy atom. The second-order valence-electron chi connectivity index (χ2n) is 8.69. The highest BCUT2D eigenvalue weighted by Crippen LogP contribution is 2.43. The molecule has 5 rings (SSSR count). The molecule has 2 heterocycles. The van der Waals surface area contributed by atoms with Crippen LogP contribution in [0.5, 0.6) is 5.75 Å². The highest BCUT2D eigenvalue weighted by molar-refractivity contribution is 8.03. The van der Waals surface area contributed by atoms with Gasteiger partial charge in [-0.1, -0.05) is 59.8 Å². The molecule has 3 aromatic carbocycles. The van der Waals surface area contributed by atoms with Crippen LogP contribution >= 0.6 is 23.4 Å². The van der Waals surface area contributed by atoms with Gasteiger partial charge >= 0.3 is 0 Å². The summed E-state index contributed by atoms with van der Waals surface area (Å²) in [5, 5.41) is 11.5. The molecule has 7 heteroatoms. The number of anilines is 1. The van der Waals surface area contributed by atoms with Crippen molar-refractivity contribution in [3.8, 4) is 11.8 Å². The molecule has 5 nitrogen and oxygen atoms in total. The maximum absolute atomic E-state index is 13.2. The van der Waals surface area contributed by atoms with Crippen LogP contribution in [0.3, 0.4) is 0 Å². The standard InChI is InChI=1S/C28H24ClN3O2S/c1-19-3-2-4-23(13-19)31-17-32-27(33)14-25(26(15-30)28(32)35-18-31)21-7-11-24(12-8-21)34-16-20-5-9-22(29)10-6-20/h2-13,25H,14,16-18H2,1H3/t25-/m0/s1. The first-order chi connectivity index (χ1) is 17.0. The van der Waals surface area contributed by atoms with E-state index in [2.05, 4.69) is 36.1 Å². The van der Waals surface area contributed by atoms with Gasteiger partial charge in [0.05, 0.1) is 29.2 Å². The number of nitriles is 1. The summed E-state index contributed by atoms with van der Waals surface area (Å²) in [6.45, 7) is 2.96. The zero-order valence-electron chi connectivity index (χ0n) is 19.3. The second kappa shape index (κ2) is 10.1. The second-order valence-corrected chi connectivity index (χ2v) is 10.1. The molecule has 0 N–H and O–H groups in total. The smallest absolute Gasteiger partial charge is 0.229 e. The summed E-state index contributed by atoms with van der Waals surface area (Å²) < 4.78 is 5.89. The van der Waals surface area contributed by atoms with Gasteiger partial charge in [0.15, 0.2) is 0 Å². The first-order valence-electron chi connectivity index (χ1n) is 11.4. The van der Waals surface area contributed by atoms with Crippen molar-refractivity contribution >= 4 is 35.0 Å². The van der Waals surface area contributed by atoms with Gasteiger partial charge in [-0.05, 0) is 60.0 Å². The van der Waals surface area contributed by atoms with E-state index in [0.29, 0.717) is 29.7 Å². The number of amides is 1. The Morgan fingerprint density at radius 2 is 1.89 bits per heavy atom. The summed E-state index contributed by atoms with van der Waals surface area (Å²) in [4.78, 5) is 17.1. The van der Waals surface area contributed by atoms with Crippen LogP contribution in [0.15, 0.2) is 83.4 Å². The highest BCUT2D eigenvalue weighted by atomic mass is 35.5. The maximum atomic E-state index is 13.2. The zero-order valence-corrected chi connectivity index (χ0v) is 20.9. The summed E-state index contributed by atoms with van der Waals surface area (Å²) >= 11 is 7.49. The molecule has 0 spiro atoms. The van der Waals surface area contributed by atoms with E-state index in [-0.39, 0.29) is 18.2 Å². The minimum atomic E-state index is -0.248. The van der Waals surface area contributed by atoms with Crippen LogP contribution in [0, 0.1) is 18.3 Å². The number of rotatable bonds is 5. The number of fused-ring (bicyclic) bond motifs is 1. The lowest BCUT2D eigenvalue weighted by molar-refractivity contribution is -0.129. The van der Waals surface area contributed by atoms with E-state index in [1.165, 1.54) is 5.56 Å². The van der Waals surface area contributed by atoms with E-state index < -0.39 is 0 Å². The number of hydrogen-bond acceptors (Lipinski definition) is 5. The average molecular weight is 502 g/mol. The number of halogens is 1. The molecule has 0 aliphatic carbocycles. The fourth-order valence-corrected chi connectivity index (χ4v) is 5.67. The Labute approximate surface area is 214 Å². The van der Waals surface area contributed by atoms with Crippen molar-refractivity contribution < 1.29 is 9.53 Å². The van der Waals surface area contributed by atoms with Gasteiger partial charge in [-0.25, -0.2) is 0 Å². The lowest BCUT2D eigenvalue weighted by Crippen LogP contribution is -2.47. The van der Waals surface area contributed by atoms with E-state index >= 15 is 0 Å². The Morgan fingerprint density at radius 3 is 2.60 bits per heavy atom. The molecule has 0 saturated carbocycles. The van der Waals surface area contributed by atoms with E-state index in [1.54, 1.807) is 16.7 Å². The quantitative estimate of drug-likeness (QED) is 0.402. The van der Waals surface area contributed by atoms with Crippen molar-refractivity contribution in [3.63, 3.8) is 0 Å². The summed E-state index contributed by atoms with van der Waals surface area (Å²) in [5.41, 5.74) is 4.90. The summed E-state index contributed by atoms with van der Waals surface area (Å²) in [5.74, 6) is 1.22. The molecule has 3 aromatic rings. The minimum Gasteiger partial charge on any atom is -0.489 e. The van der Waals surface area contributed by atoms with Crippen LogP contribution in [0.1, 0.15) is 29.0 Å². The Kier molecular flexibility index (Phi) is 6.72. The molecule has 1 atom stereocenters. The van der Waals surface area contributed by atoms with Crippen molar-refractivity contribution in [1.82, 2.24) is 4.90 Å². The van der Waals surface area contributed by atoms with Crippen LogP contribution in [0.4, 0.5) is 5.69 Å². The number of thioether (sulfide) groups is 1. The van der Waals surface area contributed by atoms with E-state index in [4.69, 9.17) is 16.3 Å². The number of aryl methyl sites for hydroxylation is 1. The van der Waals surface area contributed by atoms with Crippen LogP contribution in [-0.2, 0) is 11.4 Å². The van der Waals surface area contributed by atoms with Gasteiger partial charge in [0.1, 0.15) is 12.4 Å². The van der Waals surface area contributed by atoms with Crippen molar-refractivity contribution in [2.45, 2.75) is 25.9 Å². The van der Waals surface area contributed by atoms with Crippen molar-refractivity contribution in [2.75, 3.05) is 17.4 Å². The van der Waals surface area contributed by atoms with E-state index in [9.17, 15) is 10.1 Å². The third-order valence-corrected chi connectivity index (χ3v) is 7.67. The molecule has 0 bridgehead atoms. The first-order valence-corrected chi connectivity index (χ1v) is 12.7. The molecule has 0 unspecified atom stereocenters. The average Bonchev–Trinajstić information content (AvgIpc) is 2.88. The van der Waals surface area contributed by atoms with Crippen molar-refractivity contribution in [1.29, 1.82) is 5.26 Å². The molecule has 1 amide bonds. The van der Waals surface area contributed by atoms with Crippen LogP contribution in [0.2, 0.25) is 5.02 Å². The Bertz CT molecular complexity index is 1320. The topological polar surface area (TPSA) is 56.6 Å². The Balaban J connectivity index is 1.32. The van der Waals surface area contributed by atoms with Crippen LogP contribution < -0.4 is 9.64 Å². The monoisotopic (exact) mass is 501 g/mol. The van der Waals surface area contributed by atoms with Crippen molar-refractivity contribution in [2.24, 2.45) is 0 Å². The fraction of sp³-hybridized carbons (Fsp3) is 0.214. The SMILES string of the molecule is Cc1cccc(N2CSC3=C(C#N)[C@H](c4ccc(OCc5ccc(Cl)cc5)cc4)CC(=O)N3C2)c1. The number of benzene rings is 3.